The van der Waals surface area contributed by atoms with Crippen LogP contribution in [-0.4, -0.2) is 16.6 Å². The van der Waals surface area contributed by atoms with Gasteiger partial charge in [-0.1, -0.05) is 0 Å². The predicted octanol–water partition coefficient (Wildman–Crippen LogP) is 1.52. The Balaban J connectivity index is 2.51. The molecule has 1 heterocycles. The summed E-state index contributed by atoms with van der Waals surface area (Å²) in [5.74, 6) is 0. The fourth-order valence-electron chi connectivity index (χ4n) is 0.927. The zero-order valence-corrected chi connectivity index (χ0v) is 9.94. The van der Waals surface area contributed by atoms with Crippen LogP contribution in [0.4, 0.5) is 9.93 Å². The molecular formula is C9H16N4OS. The highest BCUT2D eigenvalue weighted by Gasteiger charge is 2.14. The number of carbonyl (C=O) groups excluding carboxylic acids is 1. The van der Waals surface area contributed by atoms with Crippen molar-refractivity contribution in [3.05, 3.63) is 11.1 Å². The van der Waals surface area contributed by atoms with Gasteiger partial charge in [-0.15, -0.1) is 11.3 Å². The highest BCUT2D eigenvalue weighted by molar-refractivity contribution is 7.13. The molecule has 15 heavy (non-hydrogen) atoms. The van der Waals surface area contributed by atoms with E-state index < -0.39 is 0 Å². The summed E-state index contributed by atoms with van der Waals surface area (Å²) in [6.45, 7) is 6.14. The van der Waals surface area contributed by atoms with E-state index in [0.29, 0.717) is 11.7 Å². The standard InChI is InChI=1S/C9H16N4OS/c1-9(2,3)13-7(14)12-8-11-6(4-10)5-15-8/h5H,4,10H2,1-3H3,(H2,11,12,13,14). The minimum Gasteiger partial charge on any atom is -0.333 e. The fourth-order valence-corrected chi connectivity index (χ4v) is 1.65. The zero-order chi connectivity index (χ0) is 11.5. The molecule has 0 aliphatic heterocycles. The molecule has 0 radical (unpaired) electrons. The second-order valence-electron chi connectivity index (χ2n) is 4.18. The van der Waals surface area contributed by atoms with Crippen LogP contribution < -0.4 is 16.4 Å². The van der Waals surface area contributed by atoms with E-state index in [0.717, 1.165) is 5.69 Å². The van der Waals surface area contributed by atoms with Gasteiger partial charge in [0.25, 0.3) is 0 Å². The van der Waals surface area contributed by atoms with Gasteiger partial charge < -0.3 is 11.1 Å². The average molecular weight is 228 g/mol. The Labute approximate surface area is 93.1 Å². The Kier molecular flexibility index (Phi) is 3.65. The molecule has 0 atom stereocenters. The first-order valence-corrected chi connectivity index (χ1v) is 5.52. The predicted molar refractivity (Wildman–Crippen MR) is 61.9 cm³/mol. The molecule has 0 saturated carbocycles. The Morgan fingerprint density at radius 3 is 2.73 bits per heavy atom. The first kappa shape index (κ1) is 11.9. The summed E-state index contributed by atoms with van der Waals surface area (Å²) in [7, 11) is 0. The third-order valence-corrected chi connectivity index (χ3v) is 2.28. The summed E-state index contributed by atoms with van der Waals surface area (Å²) in [5, 5.41) is 7.83. The van der Waals surface area contributed by atoms with Crippen molar-refractivity contribution in [2.45, 2.75) is 32.9 Å². The monoisotopic (exact) mass is 228 g/mol. The van der Waals surface area contributed by atoms with Gasteiger partial charge in [-0.25, -0.2) is 9.78 Å². The van der Waals surface area contributed by atoms with Crippen LogP contribution in [0.5, 0.6) is 0 Å². The molecule has 0 unspecified atom stereocenters. The second kappa shape index (κ2) is 4.59. The van der Waals surface area contributed by atoms with Gasteiger partial charge in [0.1, 0.15) is 0 Å². The fraction of sp³-hybridized carbons (Fsp3) is 0.556. The van der Waals surface area contributed by atoms with Gasteiger partial charge >= 0.3 is 6.03 Å². The number of aromatic nitrogens is 1. The van der Waals surface area contributed by atoms with E-state index >= 15 is 0 Å². The molecule has 0 aliphatic carbocycles. The van der Waals surface area contributed by atoms with Crippen LogP contribution >= 0.6 is 11.3 Å². The molecular weight excluding hydrogens is 212 g/mol. The maximum atomic E-state index is 11.4. The van der Waals surface area contributed by atoms with E-state index in [1.54, 1.807) is 0 Å². The molecule has 1 aromatic heterocycles. The third-order valence-electron chi connectivity index (χ3n) is 1.47. The van der Waals surface area contributed by atoms with Crippen LogP contribution in [-0.2, 0) is 6.54 Å². The van der Waals surface area contributed by atoms with E-state index in [1.165, 1.54) is 11.3 Å². The van der Waals surface area contributed by atoms with Crippen molar-refractivity contribution in [1.82, 2.24) is 10.3 Å². The molecule has 0 aromatic carbocycles. The van der Waals surface area contributed by atoms with Crippen molar-refractivity contribution >= 4 is 22.5 Å². The van der Waals surface area contributed by atoms with Gasteiger partial charge in [-0.05, 0) is 20.8 Å². The molecule has 1 rings (SSSR count). The zero-order valence-electron chi connectivity index (χ0n) is 9.13. The van der Waals surface area contributed by atoms with Gasteiger partial charge in [-0.2, -0.15) is 0 Å². The lowest BCUT2D eigenvalue weighted by Crippen LogP contribution is -2.43. The highest BCUT2D eigenvalue weighted by Crippen LogP contribution is 2.14. The Morgan fingerprint density at radius 1 is 1.60 bits per heavy atom. The molecule has 84 valence electrons. The lowest BCUT2D eigenvalue weighted by molar-refractivity contribution is 0.244. The average Bonchev–Trinajstić information content (AvgIpc) is 2.48. The quantitative estimate of drug-likeness (QED) is 0.718. The molecule has 0 saturated heterocycles. The van der Waals surface area contributed by atoms with Crippen LogP contribution in [0.3, 0.4) is 0 Å². The van der Waals surface area contributed by atoms with E-state index in [2.05, 4.69) is 15.6 Å². The highest BCUT2D eigenvalue weighted by atomic mass is 32.1. The Bertz CT molecular complexity index is 342. The van der Waals surface area contributed by atoms with Crippen molar-refractivity contribution in [3.63, 3.8) is 0 Å². The van der Waals surface area contributed by atoms with E-state index in [1.807, 2.05) is 26.2 Å². The van der Waals surface area contributed by atoms with Crippen LogP contribution in [0.25, 0.3) is 0 Å². The van der Waals surface area contributed by atoms with Crippen molar-refractivity contribution in [1.29, 1.82) is 0 Å². The minimum atomic E-state index is -0.252. The number of anilines is 1. The summed E-state index contributed by atoms with van der Waals surface area (Å²) in [4.78, 5) is 15.6. The number of hydrogen-bond donors (Lipinski definition) is 3. The molecule has 0 fully saturated rings. The van der Waals surface area contributed by atoms with Crippen molar-refractivity contribution in [3.8, 4) is 0 Å². The Morgan fingerprint density at radius 2 is 2.27 bits per heavy atom. The summed E-state index contributed by atoms with van der Waals surface area (Å²) in [6.07, 6.45) is 0. The molecule has 0 aliphatic rings. The largest absolute Gasteiger partial charge is 0.333 e. The maximum absolute atomic E-state index is 11.4. The maximum Gasteiger partial charge on any atom is 0.321 e. The van der Waals surface area contributed by atoms with Gasteiger partial charge in [0.05, 0.1) is 5.69 Å². The second-order valence-corrected chi connectivity index (χ2v) is 5.04. The first-order valence-electron chi connectivity index (χ1n) is 4.64. The number of nitrogens with two attached hydrogens (primary N) is 1. The number of thiazole rings is 1. The number of nitrogens with one attached hydrogen (secondary N) is 2. The molecule has 2 amide bonds. The minimum absolute atomic E-state index is 0.250. The number of amides is 2. The van der Waals surface area contributed by atoms with E-state index in [-0.39, 0.29) is 11.6 Å². The van der Waals surface area contributed by atoms with Crippen molar-refractivity contribution in [2.75, 3.05) is 5.32 Å². The molecule has 1 aromatic rings. The molecule has 0 spiro atoms. The van der Waals surface area contributed by atoms with Crippen molar-refractivity contribution < 1.29 is 4.79 Å². The van der Waals surface area contributed by atoms with Crippen molar-refractivity contribution in [2.24, 2.45) is 5.73 Å². The number of carbonyl (C=O) groups is 1. The molecule has 5 nitrogen and oxygen atoms in total. The summed E-state index contributed by atoms with van der Waals surface area (Å²) >= 11 is 1.37. The van der Waals surface area contributed by atoms with Gasteiger partial charge in [0, 0.05) is 17.5 Å². The number of rotatable bonds is 2. The smallest absolute Gasteiger partial charge is 0.321 e. The summed E-state index contributed by atoms with van der Waals surface area (Å²) in [6, 6.07) is -0.250. The lowest BCUT2D eigenvalue weighted by atomic mass is 10.1. The van der Waals surface area contributed by atoms with E-state index in [9.17, 15) is 4.79 Å². The van der Waals surface area contributed by atoms with Crippen LogP contribution in [0, 0.1) is 0 Å². The summed E-state index contributed by atoms with van der Waals surface area (Å²) < 4.78 is 0. The number of nitrogens with zero attached hydrogens (tertiary/aromatic N) is 1. The summed E-state index contributed by atoms with van der Waals surface area (Å²) in [5.41, 5.74) is 5.94. The van der Waals surface area contributed by atoms with Gasteiger partial charge in [-0.3, -0.25) is 5.32 Å². The third kappa shape index (κ3) is 4.26. The number of urea groups is 1. The van der Waals surface area contributed by atoms with Crippen LogP contribution in [0.2, 0.25) is 0 Å². The topological polar surface area (TPSA) is 80.0 Å². The van der Waals surface area contributed by atoms with Gasteiger partial charge in [0.15, 0.2) is 5.13 Å². The van der Waals surface area contributed by atoms with Crippen LogP contribution in [0.1, 0.15) is 26.5 Å². The first-order chi connectivity index (χ1) is 6.90. The normalized spacial score (nSPS) is 11.2. The van der Waals surface area contributed by atoms with Gasteiger partial charge in [0.2, 0.25) is 0 Å². The SMILES string of the molecule is CC(C)(C)NC(=O)Nc1nc(CN)cs1. The Hall–Kier alpha value is -1.14. The lowest BCUT2D eigenvalue weighted by Gasteiger charge is -2.20. The van der Waals surface area contributed by atoms with E-state index in [4.69, 9.17) is 5.73 Å². The molecule has 0 bridgehead atoms. The number of hydrogen-bond acceptors (Lipinski definition) is 4. The molecule has 6 heteroatoms. The molecule has 4 N–H and O–H groups in total. The van der Waals surface area contributed by atoms with Crippen LogP contribution in [0.15, 0.2) is 5.38 Å².